The Morgan fingerprint density at radius 3 is 2.26 bits per heavy atom. The van der Waals surface area contributed by atoms with E-state index in [4.69, 9.17) is 0 Å². The summed E-state index contributed by atoms with van der Waals surface area (Å²) in [6.07, 6.45) is 1.19. The molecule has 2 rings (SSSR count). The first-order chi connectivity index (χ1) is 12.9. The molecule has 0 spiro atoms. The highest BCUT2D eigenvalue weighted by Crippen LogP contribution is 2.20. The molecule has 0 radical (unpaired) electrons. The van der Waals surface area contributed by atoms with Gasteiger partial charge in [0.15, 0.2) is 0 Å². The fraction of sp³-hybridized carbons (Fsp3) is 0.300. The van der Waals surface area contributed by atoms with Crippen molar-refractivity contribution in [3.05, 3.63) is 69.8 Å². The van der Waals surface area contributed by atoms with Crippen molar-refractivity contribution >= 4 is 23.2 Å². The molecule has 0 aliphatic heterocycles. The number of non-ortho nitro benzene ring substituents is 1. The number of benzene rings is 2. The maximum absolute atomic E-state index is 12.0. The van der Waals surface area contributed by atoms with E-state index in [9.17, 15) is 19.7 Å². The van der Waals surface area contributed by atoms with E-state index >= 15 is 0 Å². The SMILES string of the molecule is CC[C@@H](C)c1ccc(NC(=O)CCNC(=O)c2ccc([N+](=O)[O-])cc2)cc1. The van der Waals surface area contributed by atoms with Crippen molar-refractivity contribution in [2.75, 3.05) is 11.9 Å². The summed E-state index contributed by atoms with van der Waals surface area (Å²) in [5, 5.41) is 16.0. The molecule has 142 valence electrons. The molecule has 2 amide bonds. The van der Waals surface area contributed by atoms with Gasteiger partial charge in [-0.15, -0.1) is 0 Å². The molecule has 0 heterocycles. The molecule has 2 N–H and O–H groups in total. The minimum Gasteiger partial charge on any atom is -0.352 e. The highest BCUT2D eigenvalue weighted by Gasteiger charge is 2.10. The average molecular weight is 369 g/mol. The van der Waals surface area contributed by atoms with Crippen molar-refractivity contribution in [1.29, 1.82) is 0 Å². The van der Waals surface area contributed by atoms with Gasteiger partial charge in [-0.1, -0.05) is 26.0 Å². The molecule has 0 saturated heterocycles. The van der Waals surface area contributed by atoms with Gasteiger partial charge in [-0.3, -0.25) is 19.7 Å². The second-order valence-electron chi connectivity index (χ2n) is 6.29. The fourth-order valence-corrected chi connectivity index (χ4v) is 2.48. The van der Waals surface area contributed by atoms with Crippen LogP contribution in [0.3, 0.4) is 0 Å². The molecule has 0 aromatic heterocycles. The standard InChI is InChI=1S/C20H23N3O4/c1-3-14(2)15-4-8-17(9-5-15)22-19(24)12-13-21-20(25)16-6-10-18(11-7-16)23(26)27/h4-11,14H,3,12-13H2,1-2H3,(H,21,25)(H,22,24)/t14-/m1/s1. The zero-order valence-corrected chi connectivity index (χ0v) is 15.4. The van der Waals surface area contributed by atoms with E-state index in [-0.39, 0.29) is 30.5 Å². The lowest BCUT2D eigenvalue weighted by molar-refractivity contribution is -0.384. The van der Waals surface area contributed by atoms with E-state index in [1.165, 1.54) is 29.8 Å². The Bertz CT molecular complexity index is 801. The van der Waals surface area contributed by atoms with E-state index in [1.54, 1.807) is 0 Å². The number of nitrogens with zero attached hydrogens (tertiary/aromatic N) is 1. The zero-order valence-electron chi connectivity index (χ0n) is 15.4. The van der Waals surface area contributed by atoms with E-state index in [0.29, 0.717) is 17.2 Å². The van der Waals surface area contributed by atoms with Crippen molar-refractivity contribution < 1.29 is 14.5 Å². The lowest BCUT2D eigenvalue weighted by Gasteiger charge is -2.11. The van der Waals surface area contributed by atoms with Gasteiger partial charge in [0.25, 0.3) is 11.6 Å². The Hall–Kier alpha value is -3.22. The number of amides is 2. The van der Waals surface area contributed by atoms with Crippen LogP contribution in [0.25, 0.3) is 0 Å². The summed E-state index contributed by atoms with van der Waals surface area (Å²) >= 11 is 0. The number of nitrogens with one attached hydrogen (secondary N) is 2. The predicted octanol–water partition coefficient (Wildman–Crippen LogP) is 3.87. The molecule has 7 nitrogen and oxygen atoms in total. The lowest BCUT2D eigenvalue weighted by atomic mass is 9.99. The third kappa shape index (κ3) is 5.91. The fourth-order valence-electron chi connectivity index (χ4n) is 2.48. The van der Waals surface area contributed by atoms with Crippen LogP contribution < -0.4 is 10.6 Å². The van der Waals surface area contributed by atoms with Crippen molar-refractivity contribution in [3.63, 3.8) is 0 Å². The van der Waals surface area contributed by atoms with Crippen LogP contribution in [-0.4, -0.2) is 23.3 Å². The van der Waals surface area contributed by atoms with Crippen molar-refractivity contribution in [2.45, 2.75) is 32.6 Å². The van der Waals surface area contributed by atoms with Crippen molar-refractivity contribution in [1.82, 2.24) is 5.32 Å². The topological polar surface area (TPSA) is 101 Å². The largest absolute Gasteiger partial charge is 0.352 e. The molecule has 1 atom stereocenters. The molecule has 27 heavy (non-hydrogen) atoms. The number of carbonyl (C=O) groups is 2. The summed E-state index contributed by atoms with van der Waals surface area (Å²) < 4.78 is 0. The van der Waals surface area contributed by atoms with Crippen LogP contribution in [0.1, 0.15) is 48.5 Å². The summed E-state index contributed by atoms with van der Waals surface area (Å²) in [4.78, 5) is 34.1. The monoisotopic (exact) mass is 369 g/mol. The molecule has 2 aromatic rings. The van der Waals surface area contributed by atoms with Crippen molar-refractivity contribution in [2.24, 2.45) is 0 Å². The number of nitro benzene ring substituents is 1. The van der Waals surface area contributed by atoms with E-state index in [0.717, 1.165) is 6.42 Å². The molecule has 0 fully saturated rings. The molecular weight excluding hydrogens is 346 g/mol. The summed E-state index contributed by atoms with van der Waals surface area (Å²) in [6.45, 7) is 4.46. The number of rotatable bonds is 8. The van der Waals surface area contributed by atoms with Crippen LogP contribution in [0.2, 0.25) is 0 Å². The van der Waals surface area contributed by atoms with E-state index in [2.05, 4.69) is 24.5 Å². The van der Waals surface area contributed by atoms with Crippen LogP contribution in [0.4, 0.5) is 11.4 Å². The first-order valence-corrected chi connectivity index (χ1v) is 8.83. The van der Waals surface area contributed by atoms with E-state index < -0.39 is 4.92 Å². The number of nitro groups is 1. The van der Waals surface area contributed by atoms with Gasteiger partial charge in [0.05, 0.1) is 4.92 Å². The van der Waals surface area contributed by atoms with Gasteiger partial charge in [-0.05, 0) is 42.2 Å². The maximum Gasteiger partial charge on any atom is 0.269 e. The minimum atomic E-state index is -0.526. The first kappa shape index (κ1) is 20.1. The quantitative estimate of drug-likeness (QED) is 0.545. The predicted molar refractivity (Wildman–Crippen MR) is 104 cm³/mol. The number of anilines is 1. The molecule has 0 aliphatic carbocycles. The summed E-state index contributed by atoms with van der Waals surface area (Å²) in [5.41, 5.74) is 2.17. The van der Waals surface area contributed by atoms with E-state index in [1.807, 2.05) is 24.3 Å². The molecule has 0 saturated carbocycles. The smallest absolute Gasteiger partial charge is 0.269 e. The second kappa shape index (κ2) is 9.47. The van der Waals surface area contributed by atoms with Crippen LogP contribution in [0.5, 0.6) is 0 Å². The Morgan fingerprint density at radius 2 is 1.70 bits per heavy atom. The second-order valence-corrected chi connectivity index (χ2v) is 6.29. The molecular formula is C20H23N3O4. The normalized spacial score (nSPS) is 11.5. The molecule has 0 unspecified atom stereocenters. The van der Waals surface area contributed by atoms with Gasteiger partial charge in [-0.25, -0.2) is 0 Å². The Kier molecular flexibility index (Phi) is 7.05. The highest BCUT2D eigenvalue weighted by molar-refractivity contribution is 5.95. The summed E-state index contributed by atoms with van der Waals surface area (Å²) in [5.74, 6) is -0.102. The van der Waals surface area contributed by atoms with Gasteiger partial charge < -0.3 is 10.6 Å². The third-order valence-electron chi connectivity index (χ3n) is 4.35. The first-order valence-electron chi connectivity index (χ1n) is 8.83. The Labute approximate surface area is 157 Å². The van der Waals surface area contributed by atoms with Gasteiger partial charge in [0, 0.05) is 36.3 Å². The lowest BCUT2D eigenvalue weighted by Crippen LogP contribution is -2.27. The van der Waals surface area contributed by atoms with Crippen LogP contribution in [-0.2, 0) is 4.79 Å². The molecule has 7 heteroatoms. The third-order valence-corrected chi connectivity index (χ3v) is 4.35. The minimum absolute atomic E-state index is 0.0784. The van der Waals surface area contributed by atoms with Crippen LogP contribution >= 0.6 is 0 Å². The summed E-state index contributed by atoms with van der Waals surface area (Å²) in [6, 6.07) is 13.0. The number of hydrogen-bond donors (Lipinski definition) is 2. The van der Waals surface area contributed by atoms with Gasteiger partial charge >= 0.3 is 0 Å². The number of hydrogen-bond acceptors (Lipinski definition) is 4. The van der Waals surface area contributed by atoms with Gasteiger partial charge in [0.1, 0.15) is 0 Å². The highest BCUT2D eigenvalue weighted by atomic mass is 16.6. The molecule has 0 bridgehead atoms. The number of carbonyl (C=O) groups excluding carboxylic acids is 2. The molecule has 0 aliphatic rings. The van der Waals surface area contributed by atoms with Gasteiger partial charge in [0.2, 0.25) is 5.91 Å². The maximum atomic E-state index is 12.0. The molecule has 2 aromatic carbocycles. The van der Waals surface area contributed by atoms with Crippen LogP contribution in [0, 0.1) is 10.1 Å². The van der Waals surface area contributed by atoms with Crippen molar-refractivity contribution in [3.8, 4) is 0 Å². The Balaban J connectivity index is 1.78. The average Bonchev–Trinajstić information content (AvgIpc) is 2.67. The zero-order chi connectivity index (χ0) is 19.8. The Morgan fingerprint density at radius 1 is 1.07 bits per heavy atom. The summed E-state index contributed by atoms with van der Waals surface area (Å²) in [7, 11) is 0. The van der Waals surface area contributed by atoms with Crippen LogP contribution in [0.15, 0.2) is 48.5 Å². The van der Waals surface area contributed by atoms with Gasteiger partial charge in [-0.2, -0.15) is 0 Å².